The van der Waals surface area contributed by atoms with Crippen LogP contribution in [0.25, 0.3) is 11.1 Å². The van der Waals surface area contributed by atoms with Crippen LogP contribution in [-0.2, 0) is 21.2 Å². The molecule has 3 fully saturated rings. The molecule has 0 bridgehead atoms. The van der Waals surface area contributed by atoms with E-state index in [1.807, 2.05) is 30.3 Å². The Balaban J connectivity index is 1.50. The van der Waals surface area contributed by atoms with E-state index < -0.39 is 28.2 Å². The van der Waals surface area contributed by atoms with Crippen molar-refractivity contribution in [1.82, 2.24) is 9.62 Å². The van der Waals surface area contributed by atoms with Crippen LogP contribution in [0, 0.1) is 17.2 Å². The molecule has 5 rings (SSSR count). The Bertz CT molecular complexity index is 1160. The minimum atomic E-state index is -3.54. The minimum absolute atomic E-state index is 0.0339. The summed E-state index contributed by atoms with van der Waals surface area (Å²) < 4.78 is 42.8. The molecule has 3 aliphatic rings. The van der Waals surface area contributed by atoms with Crippen LogP contribution in [0.4, 0.5) is 4.39 Å². The molecule has 1 saturated heterocycles. The highest BCUT2D eigenvalue weighted by molar-refractivity contribution is 7.88. The lowest BCUT2D eigenvalue weighted by Crippen LogP contribution is -2.51. The van der Waals surface area contributed by atoms with E-state index in [1.165, 1.54) is 0 Å². The molecule has 6 nitrogen and oxygen atoms in total. The molecule has 0 unspecified atom stereocenters. The Morgan fingerprint density at radius 1 is 1.18 bits per heavy atom. The standard InChI is InChI=1S/C25H29FN2O4S/c1-33(31,32)27-23-20(28(15-25(23)12-13-25)24(30)22(29)17-10-11-17)14-18-8-5-9-19(21(18)26)16-6-3-2-4-7-16/h2-9,17,20,22-23,27,29H,10-15H2,1H3/t20-,22+,23+/m0/s1. The van der Waals surface area contributed by atoms with Crippen LogP contribution in [0.15, 0.2) is 48.5 Å². The lowest BCUT2D eigenvalue weighted by molar-refractivity contribution is -0.142. The third-order valence-electron chi connectivity index (χ3n) is 7.36. The summed E-state index contributed by atoms with van der Waals surface area (Å²) in [6.45, 7) is 0.382. The van der Waals surface area contributed by atoms with Crippen molar-refractivity contribution in [3.05, 3.63) is 59.9 Å². The lowest BCUT2D eigenvalue weighted by Gasteiger charge is -2.30. The van der Waals surface area contributed by atoms with Crippen LogP contribution >= 0.6 is 0 Å². The number of carbonyl (C=O) groups is 1. The highest BCUT2D eigenvalue weighted by Gasteiger charge is 2.61. The molecule has 1 spiro atoms. The zero-order chi connectivity index (χ0) is 23.4. The lowest BCUT2D eigenvalue weighted by atomic mass is 9.91. The Labute approximate surface area is 193 Å². The van der Waals surface area contributed by atoms with Crippen LogP contribution in [0.5, 0.6) is 0 Å². The van der Waals surface area contributed by atoms with Gasteiger partial charge in [0.05, 0.1) is 12.3 Å². The van der Waals surface area contributed by atoms with Gasteiger partial charge >= 0.3 is 0 Å². The zero-order valence-electron chi connectivity index (χ0n) is 18.6. The molecule has 2 N–H and O–H groups in total. The summed E-state index contributed by atoms with van der Waals surface area (Å²) in [5, 5.41) is 10.6. The fourth-order valence-electron chi connectivity index (χ4n) is 5.26. The fraction of sp³-hybridized carbons (Fsp3) is 0.480. The maximum absolute atomic E-state index is 15.6. The van der Waals surface area contributed by atoms with Gasteiger partial charge in [-0.1, -0.05) is 48.5 Å². The second-order valence-corrected chi connectivity index (χ2v) is 11.7. The number of nitrogens with zero attached hydrogens (tertiary/aromatic N) is 1. The number of sulfonamides is 1. The minimum Gasteiger partial charge on any atom is -0.383 e. The molecule has 33 heavy (non-hydrogen) atoms. The summed E-state index contributed by atoms with van der Waals surface area (Å²) in [5.41, 5.74) is 1.30. The van der Waals surface area contributed by atoms with Gasteiger partial charge in [-0.2, -0.15) is 0 Å². The zero-order valence-corrected chi connectivity index (χ0v) is 19.4. The maximum atomic E-state index is 15.6. The topological polar surface area (TPSA) is 86.7 Å². The van der Waals surface area contributed by atoms with E-state index in [9.17, 15) is 18.3 Å². The molecule has 176 valence electrons. The Morgan fingerprint density at radius 2 is 1.88 bits per heavy atom. The molecule has 1 amide bonds. The summed E-state index contributed by atoms with van der Waals surface area (Å²) in [7, 11) is -3.54. The van der Waals surface area contributed by atoms with Gasteiger partial charge in [-0.3, -0.25) is 4.79 Å². The second kappa shape index (κ2) is 8.18. The summed E-state index contributed by atoms with van der Waals surface area (Å²) in [5.74, 6) is -0.770. The molecule has 1 heterocycles. The number of likely N-dealkylation sites (tertiary alicyclic amines) is 1. The number of benzene rings is 2. The predicted molar refractivity (Wildman–Crippen MR) is 123 cm³/mol. The van der Waals surface area contributed by atoms with Crippen molar-refractivity contribution in [2.75, 3.05) is 12.8 Å². The van der Waals surface area contributed by atoms with Crippen LogP contribution in [0.1, 0.15) is 31.2 Å². The number of halogens is 1. The summed E-state index contributed by atoms with van der Waals surface area (Å²) >= 11 is 0. The summed E-state index contributed by atoms with van der Waals surface area (Å²) in [4.78, 5) is 14.9. The number of aliphatic hydroxyl groups excluding tert-OH is 1. The first-order valence-corrected chi connectivity index (χ1v) is 13.4. The average Bonchev–Trinajstić information content (AvgIpc) is 3.70. The molecule has 2 aromatic carbocycles. The number of aliphatic hydroxyl groups is 1. The molecule has 1 aliphatic heterocycles. The summed E-state index contributed by atoms with van der Waals surface area (Å²) in [6.07, 6.45) is 3.43. The van der Waals surface area contributed by atoms with Gasteiger partial charge in [0.2, 0.25) is 10.0 Å². The van der Waals surface area contributed by atoms with Crippen molar-refractivity contribution in [3.63, 3.8) is 0 Å². The van der Waals surface area contributed by atoms with Gasteiger partial charge in [-0.05, 0) is 49.1 Å². The molecule has 0 radical (unpaired) electrons. The van der Waals surface area contributed by atoms with Gasteiger partial charge in [0.15, 0.2) is 0 Å². The number of hydrogen-bond acceptors (Lipinski definition) is 4. The maximum Gasteiger partial charge on any atom is 0.252 e. The van der Waals surface area contributed by atoms with Gasteiger partial charge in [0.25, 0.3) is 5.91 Å². The molecule has 3 atom stereocenters. The smallest absolute Gasteiger partial charge is 0.252 e. The van der Waals surface area contributed by atoms with E-state index in [-0.39, 0.29) is 29.5 Å². The second-order valence-electron chi connectivity index (χ2n) is 9.89. The van der Waals surface area contributed by atoms with Gasteiger partial charge in [-0.25, -0.2) is 17.5 Å². The van der Waals surface area contributed by atoms with Crippen LogP contribution in [-0.4, -0.2) is 55.3 Å². The van der Waals surface area contributed by atoms with Gasteiger partial charge in [0, 0.05) is 23.6 Å². The van der Waals surface area contributed by atoms with Crippen LogP contribution in [0.2, 0.25) is 0 Å². The van der Waals surface area contributed by atoms with E-state index in [4.69, 9.17) is 0 Å². The molecule has 8 heteroatoms. The van der Waals surface area contributed by atoms with Crippen molar-refractivity contribution in [3.8, 4) is 11.1 Å². The highest BCUT2D eigenvalue weighted by Crippen LogP contribution is 2.56. The number of carbonyl (C=O) groups excluding carboxylic acids is 1. The Morgan fingerprint density at radius 3 is 2.48 bits per heavy atom. The number of nitrogens with one attached hydrogen (secondary N) is 1. The van der Waals surface area contributed by atoms with E-state index in [2.05, 4.69) is 4.72 Å². The molecule has 2 aliphatic carbocycles. The van der Waals surface area contributed by atoms with Gasteiger partial charge < -0.3 is 10.0 Å². The third kappa shape index (κ3) is 4.44. The monoisotopic (exact) mass is 472 g/mol. The number of amides is 1. The summed E-state index contributed by atoms with van der Waals surface area (Å²) in [6, 6.07) is 13.4. The van der Waals surface area contributed by atoms with Crippen molar-refractivity contribution in [1.29, 1.82) is 0 Å². The van der Waals surface area contributed by atoms with Crippen LogP contribution in [0.3, 0.4) is 0 Å². The first-order chi connectivity index (χ1) is 15.7. The molecular formula is C25H29FN2O4S. The van der Waals surface area contributed by atoms with E-state index in [0.717, 1.165) is 37.5 Å². The van der Waals surface area contributed by atoms with E-state index in [0.29, 0.717) is 17.7 Å². The first-order valence-electron chi connectivity index (χ1n) is 11.5. The van der Waals surface area contributed by atoms with Crippen LogP contribution < -0.4 is 4.72 Å². The highest BCUT2D eigenvalue weighted by atomic mass is 32.2. The normalized spacial score (nSPS) is 24.8. The molecule has 2 saturated carbocycles. The first kappa shape index (κ1) is 22.5. The third-order valence-corrected chi connectivity index (χ3v) is 8.04. The van der Waals surface area contributed by atoms with E-state index >= 15 is 4.39 Å². The predicted octanol–water partition coefficient (Wildman–Crippen LogP) is 2.71. The Kier molecular flexibility index (Phi) is 5.58. The fourth-order valence-corrected chi connectivity index (χ4v) is 6.13. The SMILES string of the molecule is CS(=O)(=O)N[C@@H]1[C@H](Cc2cccc(-c3ccccc3)c2F)N(C(=O)[C@H](O)C2CC2)CC12CC2. The number of hydrogen-bond donors (Lipinski definition) is 2. The van der Waals surface area contributed by atoms with E-state index in [1.54, 1.807) is 23.1 Å². The molecule has 2 aromatic rings. The van der Waals surface area contributed by atoms with Crippen molar-refractivity contribution >= 4 is 15.9 Å². The largest absolute Gasteiger partial charge is 0.383 e. The van der Waals surface area contributed by atoms with Gasteiger partial charge in [0.1, 0.15) is 11.9 Å². The van der Waals surface area contributed by atoms with Crippen molar-refractivity contribution < 1.29 is 22.7 Å². The number of rotatable bonds is 7. The van der Waals surface area contributed by atoms with Crippen molar-refractivity contribution in [2.24, 2.45) is 11.3 Å². The van der Waals surface area contributed by atoms with Crippen molar-refractivity contribution in [2.45, 2.75) is 50.3 Å². The molecular weight excluding hydrogens is 443 g/mol. The Hall–Kier alpha value is -2.29. The quantitative estimate of drug-likeness (QED) is 0.649. The molecule has 0 aromatic heterocycles. The van der Waals surface area contributed by atoms with Gasteiger partial charge in [-0.15, -0.1) is 0 Å². The average molecular weight is 473 g/mol.